The van der Waals surface area contributed by atoms with Gasteiger partial charge in [-0.25, -0.2) is 0 Å². The Morgan fingerprint density at radius 3 is 1.25 bits per heavy atom. The minimum Gasteiger partial charge on any atom is -0.397 e. The first kappa shape index (κ1) is 18.3. The highest BCUT2D eigenvalue weighted by molar-refractivity contribution is 6.40. The molecular formula is C6H16Cl2O4. The van der Waals surface area contributed by atoms with Gasteiger partial charge >= 0.3 is 0 Å². The maximum atomic E-state index is 8.17. The molecule has 0 aliphatic rings. The molecule has 0 saturated heterocycles. The number of alkyl halides is 2. The molecule has 12 heavy (non-hydrogen) atoms. The zero-order valence-corrected chi connectivity index (χ0v) is 8.46. The highest BCUT2D eigenvalue weighted by Gasteiger charge is 1.93. The fourth-order valence-corrected chi connectivity index (χ4v) is 0.0577. The predicted molar refractivity (Wildman–Crippen MR) is 49.5 cm³/mol. The lowest BCUT2D eigenvalue weighted by atomic mass is 10.4. The summed E-state index contributed by atoms with van der Waals surface area (Å²) in [6, 6.07) is 0. The average molecular weight is 223 g/mol. The molecule has 0 aromatic carbocycles. The molecule has 0 bridgehead atoms. The lowest BCUT2D eigenvalue weighted by Crippen LogP contribution is -2.15. The number of halogens is 2. The SMILES string of the molecule is CCO.ClCCl.OCC(O)CO. The summed E-state index contributed by atoms with van der Waals surface area (Å²) in [7, 11) is 0. The molecule has 0 aliphatic carbocycles. The Morgan fingerprint density at radius 1 is 1.08 bits per heavy atom. The third-order valence-corrected chi connectivity index (χ3v) is 0.421. The Morgan fingerprint density at radius 2 is 1.25 bits per heavy atom. The fraction of sp³-hybridized carbons (Fsp3) is 1.00. The minimum absolute atomic E-state index is 0.194. The zero-order chi connectivity index (χ0) is 10.4. The van der Waals surface area contributed by atoms with E-state index in [0.717, 1.165) is 0 Å². The van der Waals surface area contributed by atoms with Crippen molar-refractivity contribution in [3.8, 4) is 0 Å². The van der Waals surface area contributed by atoms with E-state index in [-0.39, 0.29) is 25.2 Å². The largest absolute Gasteiger partial charge is 0.397 e. The standard InChI is InChI=1S/C3H8O3.C2H6O.CH2Cl2/c4-1-3(6)2-5;1-2-3;2-1-3/h3-6H,1-2H2;3H,2H2,1H3;1H2. The van der Waals surface area contributed by atoms with Crippen LogP contribution in [0.4, 0.5) is 0 Å². The summed E-state index contributed by atoms with van der Waals surface area (Å²) < 4.78 is 0. The highest BCUT2D eigenvalue weighted by atomic mass is 35.5. The molecule has 0 aromatic rings. The molecule has 4 nitrogen and oxygen atoms in total. The van der Waals surface area contributed by atoms with Gasteiger partial charge in [-0.3, -0.25) is 0 Å². The molecule has 0 spiro atoms. The van der Waals surface area contributed by atoms with Gasteiger partial charge in [-0.15, -0.1) is 23.2 Å². The number of hydrogen-bond donors (Lipinski definition) is 4. The number of hydrogen-bond acceptors (Lipinski definition) is 4. The summed E-state index contributed by atoms with van der Waals surface area (Å²) >= 11 is 9.53. The van der Waals surface area contributed by atoms with E-state index in [1.54, 1.807) is 6.92 Å². The third-order valence-electron chi connectivity index (χ3n) is 0.421. The topological polar surface area (TPSA) is 80.9 Å². The van der Waals surface area contributed by atoms with E-state index in [9.17, 15) is 0 Å². The lowest BCUT2D eigenvalue weighted by Gasteiger charge is -1.96. The summed E-state index contributed by atoms with van der Waals surface area (Å²) in [4.78, 5) is 0. The van der Waals surface area contributed by atoms with Gasteiger partial charge in [0.05, 0.1) is 18.6 Å². The Labute approximate surface area is 82.4 Å². The zero-order valence-electron chi connectivity index (χ0n) is 6.95. The van der Waals surface area contributed by atoms with Crippen molar-refractivity contribution in [3.63, 3.8) is 0 Å². The van der Waals surface area contributed by atoms with E-state index >= 15 is 0 Å². The second-order valence-corrected chi connectivity index (χ2v) is 2.24. The molecule has 0 fully saturated rings. The van der Waals surface area contributed by atoms with E-state index in [4.69, 9.17) is 43.6 Å². The fourth-order valence-electron chi connectivity index (χ4n) is 0.0577. The first-order valence-electron chi connectivity index (χ1n) is 3.27. The summed E-state index contributed by atoms with van der Waals surface area (Å²) in [6.45, 7) is 1.20. The van der Waals surface area contributed by atoms with Crippen LogP contribution in [0.1, 0.15) is 6.92 Å². The molecule has 0 aromatic heterocycles. The Kier molecular flexibility index (Phi) is 34.3. The van der Waals surface area contributed by atoms with Crippen LogP contribution in [0, 0.1) is 0 Å². The van der Waals surface area contributed by atoms with Gasteiger partial charge in [0, 0.05) is 6.61 Å². The summed E-state index contributed by atoms with van der Waals surface area (Å²) in [5, 5.41) is 31.8. The molecule has 6 heteroatoms. The molecular weight excluding hydrogens is 207 g/mol. The second kappa shape index (κ2) is 22.5. The molecule has 0 heterocycles. The van der Waals surface area contributed by atoms with Crippen molar-refractivity contribution in [2.75, 3.05) is 25.2 Å². The van der Waals surface area contributed by atoms with Crippen molar-refractivity contribution in [1.82, 2.24) is 0 Å². The number of rotatable bonds is 2. The van der Waals surface area contributed by atoms with Crippen molar-refractivity contribution in [3.05, 3.63) is 0 Å². The average Bonchev–Trinajstić information content (AvgIpc) is 2.06. The van der Waals surface area contributed by atoms with Crippen LogP contribution in [0.2, 0.25) is 0 Å². The van der Waals surface area contributed by atoms with Gasteiger partial charge in [-0.2, -0.15) is 0 Å². The molecule has 0 radical (unpaired) electrons. The molecule has 0 atom stereocenters. The van der Waals surface area contributed by atoms with Gasteiger partial charge in [0.15, 0.2) is 0 Å². The van der Waals surface area contributed by atoms with Crippen molar-refractivity contribution in [1.29, 1.82) is 0 Å². The molecule has 0 aliphatic heterocycles. The van der Waals surface area contributed by atoms with Gasteiger partial charge in [0.1, 0.15) is 6.10 Å². The van der Waals surface area contributed by atoms with Gasteiger partial charge in [0.2, 0.25) is 0 Å². The summed E-state index contributed by atoms with van der Waals surface area (Å²) in [5.41, 5.74) is 0. The van der Waals surface area contributed by atoms with Crippen LogP contribution in [0.3, 0.4) is 0 Å². The van der Waals surface area contributed by atoms with Crippen LogP contribution in [-0.4, -0.2) is 51.7 Å². The second-order valence-electron chi connectivity index (χ2n) is 1.44. The van der Waals surface area contributed by atoms with Crippen LogP contribution in [0.5, 0.6) is 0 Å². The van der Waals surface area contributed by atoms with Gasteiger partial charge in [-0.1, -0.05) is 0 Å². The van der Waals surface area contributed by atoms with Crippen LogP contribution in [0.25, 0.3) is 0 Å². The van der Waals surface area contributed by atoms with Crippen molar-refractivity contribution in [2.24, 2.45) is 0 Å². The maximum Gasteiger partial charge on any atom is 0.100 e. The van der Waals surface area contributed by atoms with Crippen molar-refractivity contribution < 1.29 is 20.4 Å². The molecule has 78 valence electrons. The van der Waals surface area contributed by atoms with E-state index in [2.05, 4.69) is 0 Å². The summed E-state index contributed by atoms with van der Waals surface area (Å²) in [6.07, 6.45) is -0.954. The summed E-state index contributed by atoms with van der Waals surface area (Å²) in [5.74, 6) is 0. The molecule has 0 amide bonds. The van der Waals surface area contributed by atoms with Crippen molar-refractivity contribution in [2.45, 2.75) is 13.0 Å². The first-order valence-corrected chi connectivity index (χ1v) is 4.33. The highest BCUT2D eigenvalue weighted by Crippen LogP contribution is 1.73. The Balaban J connectivity index is -0.000000115. The van der Waals surface area contributed by atoms with Crippen LogP contribution in [0.15, 0.2) is 0 Å². The lowest BCUT2D eigenvalue weighted by molar-refractivity contribution is 0.0450. The predicted octanol–water partition coefficient (Wildman–Crippen LogP) is -0.248. The maximum absolute atomic E-state index is 8.17. The van der Waals surface area contributed by atoms with E-state index in [1.165, 1.54) is 0 Å². The molecule has 0 unspecified atom stereocenters. The van der Waals surface area contributed by atoms with Gasteiger partial charge < -0.3 is 20.4 Å². The van der Waals surface area contributed by atoms with E-state index < -0.39 is 6.10 Å². The molecule has 4 N–H and O–H groups in total. The monoisotopic (exact) mass is 222 g/mol. The van der Waals surface area contributed by atoms with Gasteiger partial charge in [0.25, 0.3) is 0 Å². The van der Waals surface area contributed by atoms with E-state index in [0.29, 0.717) is 0 Å². The first-order chi connectivity index (χ1) is 5.64. The minimum atomic E-state index is -0.954. The normalized spacial score (nSPS) is 8.00. The Bertz CT molecular complexity index is 50.8. The molecule has 0 rings (SSSR count). The van der Waals surface area contributed by atoms with Crippen LogP contribution < -0.4 is 0 Å². The van der Waals surface area contributed by atoms with Crippen LogP contribution in [-0.2, 0) is 0 Å². The van der Waals surface area contributed by atoms with Crippen LogP contribution >= 0.6 is 23.2 Å². The molecule has 0 saturated carbocycles. The van der Waals surface area contributed by atoms with Crippen molar-refractivity contribution >= 4 is 23.2 Å². The quantitative estimate of drug-likeness (QED) is 0.487. The smallest absolute Gasteiger partial charge is 0.100 e. The number of aliphatic hydroxyl groups excluding tert-OH is 4. The Hall–Kier alpha value is 0.420. The number of aliphatic hydroxyl groups is 4. The third kappa shape index (κ3) is 47.3. The van der Waals surface area contributed by atoms with E-state index in [1.807, 2.05) is 0 Å². The van der Waals surface area contributed by atoms with Gasteiger partial charge in [-0.05, 0) is 6.92 Å².